The summed E-state index contributed by atoms with van der Waals surface area (Å²) >= 11 is 1.48. The monoisotopic (exact) mass is 603 g/mol. The highest BCUT2D eigenvalue weighted by Gasteiger charge is 2.25. The van der Waals surface area contributed by atoms with Crippen molar-refractivity contribution in [3.05, 3.63) is 79.0 Å². The number of hydrogen-bond acceptors (Lipinski definition) is 10. The molecule has 5 heterocycles. The molecule has 0 fully saturated rings. The van der Waals surface area contributed by atoms with E-state index in [2.05, 4.69) is 34.5 Å². The molecule has 1 N–H and O–H groups in total. The molecule has 6 aromatic rings. The Morgan fingerprint density at radius 3 is 2.74 bits per heavy atom. The normalized spacial score (nSPS) is 13.5. The van der Waals surface area contributed by atoms with Crippen LogP contribution in [0.2, 0.25) is 0 Å². The van der Waals surface area contributed by atoms with Crippen molar-refractivity contribution in [1.82, 2.24) is 24.9 Å². The Morgan fingerprint density at radius 1 is 1.00 bits per heavy atom. The zero-order valence-corrected chi connectivity index (χ0v) is 23.4. The van der Waals surface area contributed by atoms with Gasteiger partial charge in [0.15, 0.2) is 16.8 Å². The number of anilines is 3. The van der Waals surface area contributed by atoms with Crippen molar-refractivity contribution in [2.45, 2.75) is 4.90 Å². The summed E-state index contributed by atoms with van der Waals surface area (Å²) in [5.74, 6) is -0.126. The Bertz CT molecular complexity index is 2020. The van der Waals surface area contributed by atoms with Gasteiger partial charge in [0, 0.05) is 30.2 Å². The molecule has 0 aliphatic carbocycles. The molecule has 0 radical (unpaired) electrons. The van der Waals surface area contributed by atoms with Crippen LogP contribution in [0.25, 0.3) is 31.7 Å². The summed E-state index contributed by atoms with van der Waals surface area (Å²) in [6.45, 7) is 1.01. The van der Waals surface area contributed by atoms with Crippen molar-refractivity contribution < 1.29 is 22.5 Å². The van der Waals surface area contributed by atoms with Gasteiger partial charge in [-0.2, -0.15) is 0 Å². The molecule has 210 valence electrons. The molecule has 1 atom stereocenters. The van der Waals surface area contributed by atoms with Gasteiger partial charge in [-0.15, -0.1) is 11.3 Å². The molecule has 0 amide bonds. The average molecular weight is 604 g/mol. The second-order valence-electron chi connectivity index (χ2n) is 9.10. The second kappa shape index (κ2) is 10.5. The Labute approximate surface area is 243 Å². The van der Waals surface area contributed by atoms with Gasteiger partial charge in [0.1, 0.15) is 56.6 Å². The number of ether oxygens (including phenoxy) is 2. The van der Waals surface area contributed by atoms with Crippen molar-refractivity contribution in [1.29, 1.82) is 0 Å². The number of aromatic nitrogens is 5. The standard InChI is InChI=1S/C28H19F2N7O3S2/c1-39-27-19(36-42(38)22-5-3-17(29)12-18(22)30)10-16(13-33-27)15-2-4-21-20(11-15)37(8-9-40-21)26-25-23(34-14-35-26)24-28(41-25)32-7-6-31-24/h2-7,10-14,36H,8-9H2,1H3. The highest BCUT2D eigenvalue weighted by atomic mass is 32.2. The molecule has 42 heavy (non-hydrogen) atoms. The maximum Gasteiger partial charge on any atom is 0.238 e. The van der Waals surface area contributed by atoms with Crippen LogP contribution in [0, 0.1) is 11.6 Å². The van der Waals surface area contributed by atoms with E-state index in [4.69, 9.17) is 9.47 Å². The predicted molar refractivity (Wildman–Crippen MR) is 156 cm³/mol. The summed E-state index contributed by atoms with van der Waals surface area (Å²) in [6.07, 6.45) is 6.43. The minimum absolute atomic E-state index is 0.160. The molecular formula is C28H19F2N7O3S2. The third kappa shape index (κ3) is 4.54. The predicted octanol–water partition coefficient (Wildman–Crippen LogP) is 5.65. The van der Waals surface area contributed by atoms with Crippen LogP contribution in [0.5, 0.6) is 11.6 Å². The van der Waals surface area contributed by atoms with Crippen LogP contribution in [-0.4, -0.2) is 49.4 Å². The molecule has 14 heteroatoms. The van der Waals surface area contributed by atoms with Crippen molar-refractivity contribution in [3.63, 3.8) is 0 Å². The van der Waals surface area contributed by atoms with E-state index in [0.717, 1.165) is 49.8 Å². The lowest BCUT2D eigenvalue weighted by Gasteiger charge is -2.31. The van der Waals surface area contributed by atoms with Crippen molar-refractivity contribution >= 4 is 60.1 Å². The zero-order chi connectivity index (χ0) is 28.8. The maximum absolute atomic E-state index is 14.3. The molecule has 4 aromatic heterocycles. The fraction of sp³-hybridized carbons (Fsp3) is 0.107. The van der Waals surface area contributed by atoms with E-state index in [1.807, 2.05) is 18.2 Å². The highest BCUT2D eigenvalue weighted by molar-refractivity contribution is 7.86. The Balaban J connectivity index is 1.27. The lowest BCUT2D eigenvalue weighted by molar-refractivity contribution is 0.314. The lowest BCUT2D eigenvalue weighted by Crippen LogP contribution is -2.29. The van der Waals surface area contributed by atoms with Gasteiger partial charge in [-0.1, -0.05) is 6.07 Å². The number of halogens is 2. The molecule has 0 saturated heterocycles. The zero-order valence-electron chi connectivity index (χ0n) is 21.7. The molecule has 0 bridgehead atoms. The van der Waals surface area contributed by atoms with Gasteiger partial charge in [0.2, 0.25) is 5.88 Å². The van der Waals surface area contributed by atoms with Crippen LogP contribution in [0.1, 0.15) is 0 Å². The molecule has 0 spiro atoms. The van der Waals surface area contributed by atoms with E-state index in [1.165, 1.54) is 24.8 Å². The van der Waals surface area contributed by atoms with Gasteiger partial charge in [-0.3, -0.25) is 4.72 Å². The minimum Gasteiger partial charge on any atom is -0.490 e. The number of pyridine rings is 1. The Morgan fingerprint density at radius 2 is 1.88 bits per heavy atom. The molecule has 1 aliphatic rings. The number of rotatable bonds is 6. The van der Waals surface area contributed by atoms with E-state index in [1.54, 1.807) is 24.7 Å². The van der Waals surface area contributed by atoms with Crippen molar-refractivity contribution in [3.8, 4) is 22.8 Å². The highest BCUT2D eigenvalue weighted by Crippen LogP contribution is 2.43. The minimum atomic E-state index is -2.05. The number of benzene rings is 2. The lowest BCUT2D eigenvalue weighted by atomic mass is 10.0. The van der Waals surface area contributed by atoms with Gasteiger partial charge in [-0.05, 0) is 35.9 Å². The summed E-state index contributed by atoms with van der Waals surface area (Å²) in [4.78, 5) is 25.0. The largest absolute Gasteiger partial charge is 0.490 e. The summed E-state index contributed by atoms with van der Waals surface area (Å²) < 4.78 is 55.5. The van der Waals surface area contributed by atoms with Crippen LogP contribution in [0.15, 0.2) is 72.3 Å². The molecule has 2 aromatic carbocycles. The van der Waals surface area contributed by atoms with Crippen molar-refractivity contribution in [2.24, 2.45) is 0 Å². The fourth-order valence-corrected chi connectivity index (χ4v) is 6.66. The van der Waals surface area contributed by atoms with E-state index in [-0.39, 0.29) is 16.5 Å². The van der Waals surface area contributed by atoms with Gasteiger partial charge < -0.3 is 14.4 Å². The summed E-state index contributed by atoms with van der Waals surface area (Å²) in [7, 11) is -0.626. The van der Waals surface area contributed by atoms with Crippen molar-refractivity contribution in [2.75, 3.05) is 29.9 Å². The first-order valence-electron chi connectivity index (χ1n) is 12.6. The van der Waals surface area contributed by atoms with E-state index in [9.17, 15) is 13.0 Å². The molecule has 10 nitrogen and oxygen atoms in total. The van der Waals surface area contributed by atoms with E-state index < -0.39 is 22.6 Å². The van der Waals surface area contributed by atoms with Crippen LogP contribution in [-0.2, 0) is 11.0 Å². The van der Waals surface area contributed by atoms with Gasteiger partial charge in [0.25, 0.3) is 0 Å². The maximum atomic E-state index is 14.3. The third-order valence-electron chi connectivity index (χ3n) is 6.62. The molecular weight excluding hydrogens is 584 g/mol. The number of nitrogens with zero attached hydrogens (tertiary/aromatic N) is 6. The third-order valence-corrected chi connectivity index (χ3v) is 8.83. The Hall–Kier alpha value is -4.82. The van der Waals surface area contributed by atoms with Gasteiger partial charge in [-0.25, -0.2) is 37.9 Å². The van der Waals surface area contributed by atoms with E-state index >= 15 is 0 Å². The smallest absolute Gasteiger partial charge is 0.238 e. The van der Waals surface area contributed by atoms with Crippen LogP contribution < -0.4 is 19.1 Å². The number of nitrogens with one attached hydrogen (secondary N) is 1. The van der Waals surface area contributed by atoms with E-state index in [0.29, 0.717) is 30.5 Å². The van der Waals surface area contributed by atoms with Crippen LogP contribution in [0.4, 0.5) is 26.0 Å². The molecule has 1 aliphatic heterocycles. The number of thiophene rings is 1. The second-order valence-corrected chi connectivity index (χ2v) is 11.3. The van der Waals surface area contributed by atoms with Crippen LogP contribution >= 0.6 is 11.3 Å². The average Bonchev–Trinajstić information content (AvgIpc) is 3.39. The molecule has 0 saturated carbocycles. The fourth-order valence-electron chi connectivity index (χ4n) is 4.72. The summed E-state index contributed by atoms with van der Waals surface area (Å²) in [5.41, 5.74) is 3.98. The summed E-state index contributed by atoms with van der Waals surface area (Å²) in [6, 6.07) is 10.3. The Kier molecular flexibility index (Phi) is 6.55. The first-order valence-corrected chi connectivity index (χ1v) is 14.5. The number of methoxy groups -OCH3 is 1. The first kappa shape index (κ1) is 26.1. The quantitative estimate of drug-likeness (QED) is 0.258. The summed E-state index contributed by atoms with van der Waals surface area (Å²) in [5, 5.41) is 0. The SMILES string of the molecule is COc1ncc(-c2ccc3c(c2)N(c2ncnc4c2sc2nccnc24)CCO3)cc1NS(=O)c1ccc(F)cc1F. The first-order chi connectivity index (χ1) is 20.5. The van der Waals surface area contributed by atoms with Gasteiger partial charge >= 0.3 is 0 Å². The number of hydrogen-bond donors (Lipinski definition) is 1. The molecule has 1 unspecified atom stereocenters. The van der Waals surface area contributed by atoms with Crippen LogP contribution in [0.3, 0.4) is 0 Å². The number of fused-ring (bicyclic) bond motifs is 4. The van der Waals surface area contributed by atoms with Gasteiger partial charge in [0.05, 0.1) is 24.2 Å². The topological polar surface area (TPSA) is 115 Å². The molecule has 7 rings (SSSR count).